The van der Waals surface area contributed by atoms with Gasteiger partial charge in [0.15, 0.2) is 17.0 Å². The lowest BCUT2D eigenvalue weighted by Crippen LogP contribution is -2.37. The van der Waals surface area contributed by atoms with Crippen molar-refractivity contribution in [2.24, 2.45) is 5.41 Å². The number of halogens is 1. The number of amides is 1. The molecule has 1 aliphatic rings. The number of carbonyl (C=O) groups is 1. The summed E-state index contributed by atoms with van der Waals surface area (Å²) in [5, 5.41) is 16.7. The molecule has 1 amide bonds. The molecule has 4 N–H and O–H groups in total. The average Bonchev–Trinajstić information content (AvgIpc) is 3.20. The first kappa shape index (κ1) is 16.3. The second-order valence-corrected chi connectivity index (χ2v) is 7.33. The highest BCUT2D eigenvalue weighted by molar-refractivity contribution is 5.96. The number of fused-ring (bicyclic) bond motifs is 1. The zero-order valence-electron chi connectivity index (χ0n) is 13.8. The van der Waals surface area contributed by atoms with Crippen molar-refractivity contribution < 1.29 is 14.3 Å². The summed E-state index contributed by atoms with van der Waals surface area (Å²) in [5.74, 6) is -2.76. The van der Waals surface area contributed by atoms with Crippen LogP contribution in [0.15, 0.2) is 4.79 Å². The highest BCUT2D eigenvalue weighted by Gasteiger charge is 2.31. The van der Waals surface area contributed by atoms with Crippen LogP contribution in [0.1, 0.15) is 44.0 Å². The van der Waals surface area contributed by atoms with Gasteiger partial charge in [0.1, 0.15) is 0 Å². The lowest BCUT2D eigenvalue weighted by atomic mass is 9.97. The monoisotopic (exact) mass is 337 g/mol. The Morgan fingerprint density at radius 1 is 1.46 bits per heavy atom. The van der Waals surface area contributed by atoms with E-state index < -0.39 is 34.5 Å². The van der Waals surface area contributed by atoms with Gasteiger partial charge in [-0.15, -0.1) is 5.10 Å². The Kier molecular flexibility index (Phi) is 3.54. The highest BCUT2D eigenvalue weighted by Crippen LogP contribution is 2.26. The minimum Gasteiger partial charge on any atom is -0.492 e. The molecule has 2 aromatic heterocycles. The minimum atomic E-state index is -0.902. The molecule has 0 aliphatic heterocycles. The zero-order valence-corrected chi connectivity index (χ0v) is 13.8. The van der Waals surface area contributed by atoms with Gasteiger partial charge in [0.05, 0.1) is 0 Å². The average molecular weight is 337 g/mol. The number of hydrogen-bond donors (Lipinski definition) is 3. The summed E-state index contributed by atoms with van der Waals surface area (Å²) in [6, 6.07) is 0.00231. The number of aromatic nitrogens is 3. The number of hydrogen-bond acceptors (Lipinski definition) is 5. The normalized spacial score (nSPS) is 15.0. The maximum Gasteiger partial charge on any atom is 0.270 e. The summed E-state index contributed by atoms with van der Waals surface area (Å²) in [5.41, 5.74) is 3.62. The van der Waals surface area contributed by atoms with Crippen LogP contribution in [0.3, 0.4) is 0 Å². The summed E-state index contributed by atoms with van der Waals surface area (Å²) in [4.78, 5) is 25.1. The molecule has 0 spiro atoms. The summed E-state index contributed by atoms with van der Waals surface area (Å²) in [7, 11) is 0. The summed E-state index contributed by atoms with van der Waals surface area (Å²) < 4.78 is 16.2. The Morgan fingerprint density at radius 2 is 2.08 bits per heavy atom. The third-order valence-corrected chi connectivity index (χ3v) is 3.74. The molecule has 8 nitrogen and oxygen atoms in total. The fourth-order valence-corrected chi connectivity index (χ4v) is 2.52. The lowest BCUT2D eigenvalue weighted by Gasteiger charge is -2.21. The second kappa shape index (κ2) is 5.22. The SMILES string of the molecule is CC(C)(C)Cn1c(=O)c(C(=O)NC2CC2)c(O)n2nc(N)c(F)c12. The van der Waals surface area contributed by atoms with E-state index in [1.54, 1.807) is 0 Å². The van der Waals surface area contributed by atoms with Gasteiger partial charge < -0.3 is 16.2 Å². The number of anilines is 1. The maximum absolute atomic E-state index is 14.3. The molecule has 1 saturated carbocycles. The third kappa shape index (κ3) is 2.70. The number of nitrogens with zero attached hydrogens (tertiary/aromatic N) is 3. The van der Waals surface area contributed by atoms with Crippen molar-refractivity contribution in [2.75, 3.05) is 5.73 Å². The fraction of sp³-hybridized carbons (Fsp3) is 0.533. The number of carbonyl (C=O) groups excluding carboxylic acids is 1. The van der Waals surface area contributed by atoms with Gasteiger partial charge in [-0.2, -0.15) is 8.91 Å². The molecule has 2 aromatic rings. The molecule has 0 aromatic carbocycles. The molecule has 9 heteroatoms. The maximum atomic E-state index is 14.3. The molecule has 2 heterocycles. The Morgan fingerprint density at radius 3 is 2.62 bits per heavy atom. The van der Waals surface area contributed by atoms with Crippen LogP contribution in [0.2, 0.25) is 0 Å². The number of aromatic hydroxyl groups is 1. The summed E-state index contributed by atoms with van der Waals surface area (Å²) in [6.45, 7) is 5.72. The van der Waals surface area contributed by atoms with Crippen molar-refractivity contribution in [2.45, 2.75) is 46.2 Å². The Labute approximate surface area is 137 Å². The van der Waals surface area contributed by atoms with Crippen molar-refractivity contribution in [1.29, 1.82) is 0 Å². The van der Waals surface area contributed by atoms with Gasteiger partial charge in [0.2, 0.25) is 11.7 Å². The first-order valence-corrected chi connectivity index (χ1v) is 7.70. The van der Waals surface area contributed by atoms with Gasteiger partial charge in [-0.25, -0.2) is 0 Å². The van der Waals surface area contributed by atoms with Gasteiger partial charge in [-0.05, 0) is 18.3 Å². The van der Waals surface area contributed by atoms with Crippen molar-refractivity contribution in [3.05, 3.63) is 21.7 Å². The quantitative estimate of drug-likeness (QED) is 0.768. The van der Waals surface area contributed by atoms with Crippen molar-refractivity contribution >= 4 is 17.4 Å². The summed E-state index contributed by atoms with van der Waals surface area (Å²) >= 11 is 0. The first-order valence-electron chi connectivity index (χ1n) is 7.70. The Bertz CT molecular complexity index is 889. The standard InChI is InChI=1S/C15H20FN5O3/c1-15(2,3)6-20-12-9(16)10(17)19-21(12)14(24)8(13(20)23)11(22)18-7-4-5-7/h7,24H,4-6H2,1-3H3,(H2,17,19)(H,18,22). The molecule has 1 aliphatic carbocycles. The third-order valence-electron chi connectivity index (χ3n) is 3.74. The smallest absolute Gasteiger partial charge is 0.270 e. The molecule has 24 heavy (non-hydrogen) atoms. The second-order valence-electron chi connectivity index (χ2n) is 7.33. The van der Waals surface area contributed by atoms with Gasteiger partial charge in [0, 0.05) is 12.6 Å². The van der Waals surface area contributed by atoms with E-state index in [2.05, 4.69) is 10.4 Å². The van der Waals surface area contributed by atoms with Gasteiger partial charge in [0.25, 0.3) is 11.5 Å². The molecule has 1 fully saturated rings. The molecule has 130 valence electrons. The van der Waals surface area contributed by atoms with E-state index in [0.29, 0.717) is 0 Å². The van der Waals surface area contributed by atoms with E-state index in [0.717, 1.165) is 21.9 Å². The molecule has 0 bridgehead atoms. The van der Waals surface area contributed by atoms with Crippen LogP contribution in [0, 0.1) is 11.2 Å². The number of rotatable bonds is 3. The predicted octanol–water partition coefficient (Wildman–Crippen LogP) is 0.861. The molecule has 0 atom stereocenters. The van der Waals surface area contributed by atoms with Crippen LogP contribution in [0.5, 0.6) is 5.88 Å². The Balaban J connectivity index is 2.29. The van der Waals surface area contributed by atoms with Crippen molar-refractivity contribution in [3.8, 4) is 5.88 Å². The molecule has 0 unspecified atom stereocenters. The van der Waals surface area contributed by atoms with Crippen LogP contribution in [0.4, 0.5) is 10.2 Å². The summed E-state index contributed by atoms with van der Waals surface area (Å²) in [6.07, 6.45) is 1.66. The molecule has 0 saturated heterocycles. The predicted molar refractivity (Wildman–Crippen MR) is 85.4 cm³/mol. The Hall–Kier alpha value is -2.58. The topological polar surface area (TPSA) is 115 Å². The van der Waals surface area contributed by atoms with E-state index in [9.17, 15) is 19.1 Å². The largest absolute Gasteiger partial charge is 0.492 e. The van der Waals surface area contributed by atoms with E-state index >= 15 is 0 Å². The van der Waals surface area contributed by atoms with Crippen LogP contribution in [0.25, 0.3) is 5.65 Å². The molecular weight excluding hydrogens is 317 g/mol. The minimum absolute atomic E-state index is 0.00231. The zero-order chi connectivity index (χ0) is 17.8. The number of nitrogen functional groups attached to an aromatic ring is 1. The van der Waals surface area contributed by atoms with Gasteiger partial charge in [-0.1, -0.05) is 20.8 Å². The van der Waals surface area contributed by atoms with Gasteiger partial charge >= 0.3 is 0 Å². The van der Waals surface area contributed by atoms with Crippen LogP contribution in [-0.4, -0.2) is 31.2 Å². The van der Waals surface area contributed by atoms with E-state index in [4.69, 9.17) is 5.73 Å². The van der Waals surface area contributed by atoms with E-state index in [1.807, 2.05) is 20.8 Å². The van der Waals surface area contributed by atoms with Crippen LogP contribution < -0.4 is 16.6 Å². The van der Waals surface area contributed by atoms with Crippen molar-refractivity contribution in [1.82, 2.24) is 19.5 Å². The highest BCUT2D eigenvalue weighted by atomic mass is 19.1. The first-order chi connectivity index (χ1) is 11.1. The lowest BCUT2D eigenvalue weighted by molar-refractivity contribution is 0.0944. The van der Waals surface area contributed by atoms with Gasteiger partial charge in [-0.3, -0.25) is 14.2 Å². The molecular formula is C15H20FN5O3. The van der Waals surface area contributed by atoms with Crippen LogP contribution in [-0.2, 0) is 6.54 Å². The fourth-order valence-electron chi connectivity index (χ4n) is 2.52. The molecule has 3 rings (SSSR count). The van der Waals surface area contributed by atoms with Crippen molar-refractivity contribution in [3.63, 3.8) is 0 Å². The van der Waals surface area contributed by atoms with Crippen LogP contribution >= 0.6 is 0 Å². The number of nitrogens with two attached hydrogens (primary N) is 1. The molecule has 0 radical (unpaired) electrons. The van der Waals surface area contributed by atoms with E-state index in [1.165, 1.54) is 0 Å². The number of nitrogens with one attached hydrogen (secondary N) is 1. The van der Waals surface area contributed by atoms with E-state index in [-0.39, 0.29) is 23.6 Å².